The molecule has 0 amide bonds. The first kappa shape index (κ1) is 12.9. The lowest BCUT2D eigenvalue weighted by molar-refractivity contribution is -0.147. The first-order valence-electron chi connectivity index (χ1n) is 5.71. The van der Waals surface area contributed by atoms with Crippen LogP contribution in [0.4, 0.5) is 5.95 Å². The van der Waals surface area contributed by atoms with Crippen molar-refractivity contribution in [1.29, 1.82) is 0 Å². The second kappa shape index (κ2) is 5.01. The van der Waals surface area contributed by atoms with Crippen molar-refractivity contribution in [3.8, 4) is 0 Å². The van der Waals surface area contributed by atoms with Gasteiger partial charge in [-0.1, -0.05) is 6.92 Å². The molecule has 2 aromatic rings. The predicted octanol–water partition coefficient (Wildman–Crippen LogP) is 0.310. The fourth-order valence-corrected chi connectivity index (χ4v) is 1.66. The molecular weight excluding hydrogens is 250 g/mol. The number of aromatic nitrogens is 4. The Kier molecular flexibility index (Phi) is 3.41. The zero-order chi connectivity index (χ0) is 14.0. The fraction of sp³-hybridized carbons (Fsp3) is 0.364. The number of carbonyl (C=O) groups is 1. The molecule has 0 aliphatic rings. The molecular formula is C11H13N5O3. The van der Waals surface area contributed by atoms with Gasteiger partial charge in [0.2, 0.25) is 5.95 Å². The molecule has 0 spiro atoms. The van der Waals surface area contributed by atoms with Gasteiger partial charge >= 0.3 is 5.97 Å². The Hall–Kier alpha value is -2.51. The van der Waals surface area contributed by atoms with Gasteiger partial charge in [-0.05, 0) is 6.42 Å². The molecule has 8 heteroatoms. The molecule has 0 fully saturated rings. The molecule has 8 nitrogen and oxygen atoms in total. The van der Waals surface area contributed by atoms with E-state index in [4.69, 9.17) is 10.5 Å². The van der Waals surface area contributed by atoms with Gasteiger partial charge in [0.05, 0.1) is 6.20 Å². The van der Waals surface area contributed by atoms with E-state index in [9.17, 15) is 9.59 Å². The minimum Gasteiger partial charge on any atom is -0.456 e. The second-order valence-electron chi connectivity index (χ2n) is 3.92. The maximum Gasteiger partial charge on any atom is 0.303 e. The van der Waals surface area contributed by atoms with E-state index in [0.717, 1.165) is 0 Å². The Balaban J connectivity index is 2.51. The topological polar surface area (TPSA) is 124 Å². The van der Waals surface area contributed by atoms with E-state index in [1.165, 1.54) is 13.1 Å². The Morgan fingerprint density at radius 3 is 2.89 bits per heavy atom. The van der Waals surface area contributed by atoms with Crippen LogP contribution in [0, 0.1) is 0 Å². The van der Waals surface area contributed by atoms with Crippen molar-refractivity contribution >= 4 is 23.1 Å². The monoisotopic (exact) mass is 263 g/mol. The van der Waals surface area contributed by atoms with Gasteiger partial charge in [-0.2, -0.15) is 4.98 Å². The average Bonchev–Trinajstić information content (AvgIpc) is 2.35. The van der Waals surface area contributed by atoms with Crippen LogP contribution in [-0.2, 0) is 9.53 Å². The number of anilines is 1. The van der Waals surface area contributed by atoms with Crippen LogP contribution >= 0.6 is 0 Å². The van der Waals surface area contributed by atoms with Crippen molar-refractivity contribution in [1.82, 2.24) is 19.9 Å². The number of hydrogen-bond donors (Lipinski definition) is 2. The molecule has 3 N–H and O–H groups in total. The van der Waals surface area contributed by atoms with Crippen molar-refractivity contribution in [3.63, 3.8) is 0 Å². The van der Waals surface area contributed by atoms with Crippen molar-refractivity contribution in [2.24, 2.45) is 0 Å². The van der Waals surface area contributed by atoms with Crippen LogP contribution in [0.5, 0.6) is 0 Å². The van der Waals surface area contributed by atoms with E-state index in [1.807, 2.05) is 6.92 Å². The van der Waals surface area contributed by atoms with Crippen LogP contribution in [0.1, 0.15) is 32.1 Å². The van der Waals surface area contributed by atoms with E-state index in [-0.39, 0.29) is 17.1 Å². The van der Waals surface area contributed by atoms with Gasteiger partial charge in [0.1, 0.15) is 11.8 Å². The maximum absolute atomic E-state index is 11.7. The lowest BCUT2D eigenvalue weighted by Gasteiger charge is -2.14. The predicted molar refractivity (Wildman–Crippen MR) is 67.2 cm³/mol. The summed E-state index contributed by atoms with van der Waals surface area (Å²) in [7, 11) is 0. The first-order chi connectivity index (χ1) is 9.01. The van der Waals surface area contributed by atoms with Crippen LogP contribution < -0.4 is 11.3 Å². The SMILES string of the molecule is CC[C@H](OC(C)=O)c1cnc2nc(N)[nH]c(=O)c2n1. The van der Waals surface area contributed by atoms with Gasteiger partial charge in [-0.25, -0.2) is 9.97 Å². The summed E-state index contributed by atoms with van der Waals surface area (Å²) in [6.45, 7) is 3.15. The number of carbonyl (C=O) groups excluding carboxylic acids is 1. The third kappa shape index (κ3) is 2.67. The van der Waals surface area contributed by atoms with Gasteiger partial charge in [-0.15, -0.1) is 0 Å². The minimum atomic E-state index is -0.536. The van der Waals surface area contributed by atoms with Crippen molar-refractivity contribution in [2.45, 2.75) is 26.4 Å². The number of fused-ring (bicyclic) bond motifs is 1. The molecule has 0 bridgehead atoms. The minimum absolute atomic E-state index is 0.0217. The number of esters is 1. The van der Waals surface area contributed by atoms with Gasteiger partial charge in [0.25, 0.3) is 5.56 Å². The number of nitrogens with zero attached hydrogens (tertiary/aromatic N) is 3. The summed E-state index contributed by atoms with van der Waals surface area (Å²) in [5, 5.41) is 0. The van der Waals surface area contributed by atoms with Crippen LogP contribution in [0.3, 0.4) is 0 Å². The third-order valence-corrected chi connectivity index (χ3v) is 2.46. The quantitative estimate of drug-likeness (QED) is 0.763. The van der Waals surface area contributed by atoms with E-state index < -0.39 is 17.6 Å². The summed E-state index contributed by atoms with van der Waals surface area (Å²) in [5.41, 5.74) is 5.56. The van der Waals surface area contributed by atoms with Crippen LogP contribution in [0.15, 0.2) is 11.0 Å². The fourth-order valence-electron chi connectivity index (χ4n) is 1.66. The summed E-state index contributed by atoms with van der Waals surface area (Å²) in [4.78, 5) is 37.0. The second-order valence-corrected chi connectivity index (χ2v) is 3.92. The highest BCUT2D eigenvalue weighted by Gasteiger charge is 2.16. The Labute approximate surface area is 108 Å². The summed E-state index contributed by atoms with van der Waals surface area (Å²) in [6, 6.07) is 0. The van der Waals surface area contributed by atoms with Gasteiger partial charge in [0.15, 0.2) is 11.2 Å². The number of hydrogen-bond acceptors (Lipinski definition) is 7. The molecule has 0 unspecified atom stereocenters. The van der Waals surface area contributed by atoms with Crippen LogP contribution in [-0.4, -0.2) is 25.9 Å². The number of ether oxygens (including phenoxy) is 1. The van der Waals surface area contributed by atoms with E-state index >= 15 is 0 Å². The van der Waals surface area contributed by atoms with Gasteiger partial charge < -0.3 is 10.5 Å². The highest BCUT2D eigenvalue weighted by molar-refractivity contribution is 5.69. The number of rotatable bonds is 3. The Morgan fingerprint density at radius 1 is 1.53 bits per heavy atom. The van der Waals surface area contributed by atoms with Gasteiger partial charge in [-0.3, -0.25) is 14.6 Å². The molecule has 2 aromatic heterocycles. The molecule has 2 heterocycles. The number of nitrogens with one attached hydrogen (secondary N) is 1. The summed E-state index contributed by atoms with van der Waals surface area (Å²) in [6.07, 6.45) is 1.41. The van der Waals surface area contributed by atoms with Gasteiger partial charge in [0, 0.05) is 6.92 Å². The lowest BCUT2D eigenvalue weighted by Crippen LogP contribution is -2.16. The standard InChI is InChI=1S/C11H13N5O3/c1-3-7(19-5(2)17)6-4-13-9-8(14-6)10(18)16-11(12)15-9/h4,7H,3H2,1-2H3,(H3,12,13,15,16,18)/t7-/m0/s1. The molecule has 100 valence electrons. The molecule has 0 aromatic carbocycles. The number of H-pyrrole nitrogens is 1. The van der Waals surface area contributed by atoms with E-state index in [0.29, 0.717) is 12.1 Å². The molecule has 0 radical (unpaired) electrons. The lowest BCUT2D eigenvalue weighted by atomic mass is 10.2. The summed E-state index contributed by atoms with van der Waals surface area (Å²) in [5.74, 6) is -0.440. The normalized spacial score (nSPS) is 12.3. The van der Waals surface area contributed by atoms with Crippen LogP contribution in [0.25, 0.3) is 11.2 Å². The highest BCUT2D eigenvalue weighted by Crippen LogP contribution is 2.19. The molecule has 0 saturated heterocycles. The summed E-state index contributed by atoms with van der Waals surface area (Å²) < 4.78 is 5.10. The highest BCUT2D eigenvalue weighted by atomic mass is 16.5. The molecule has 2 rings (SSSR count). The number of nitrogen functional groups attached to an aromatic ring is 1. The zero-order valence-electron chi connectivity index (χ0n) is 10.5. The summed E-state index contributed by atoms with van der Waals surface area (Å²) >= 11 is 0. The molecule has 0 aliphatic heterocycles. The average molecular weight is 263 g/mol. The van der Waals surface area contributed by atoms with E-state index in [1.54, 1.807) is 0 Å². The Bertz CT molecular complexity index is 682. The third-order valence-electron chi connectivity index (χ3n) is 2.46. The van der Waals surface area contributed by atoms with Crippen LogP contribution in [0.2, 0.25) is 0 Å². The molecule has 19 heavy (non-hydrogen) atoms. The molecule has 0 aliphatic carbocycles. The first-order valence-corrected chi connectivity index (χ1v) is 5.71. The Morgan fingerprint density at radius 2 is 2.26 bits per heavy atom. The van der Waals surface area contributed by atoms with E-state index in [2.05, 4.69) is 19.9 Å². The van der Waals surface area contributed by atoms with Crippen molar-refractivity contribution in [2.75, 3.05) is 5.73 Å². The molecule has 1 atom stereocenters. The number of nitrogens with two attached hydrogens (primary N) is 1. The zero-order valence-corrected chi connectivity index (χ0v) is 10.5. The molecule has 0 saturated carbocycles. The number of aromatic amines is 1. The maximum atomic E-state index is 11.7. The smallest absolute Gasteiger partial charge is 0.303 e. The van der Waals surface area contributed by atoms with Crippen molar-refractivity contribution in [3.05, 3.63) is 22.2 Å². The van der Waals surface area contributed by atoms with Crippen molar-refractivity contribution < 1.29 is 9.53 Å². The largest absolute Gasteiger partial charge is 0.456 e.